The fraction of sp³-hybridized carbons (Fsp3) is 0.429. The Kier molecular flexibility index (Phi) is 13.8. The molecule has 1 unspecified atom stereocenters. The van der Waals surface area contributed by atoms with Gasteiger partial charge in [-0.05, 0) is 17.7 Å². The fourth-order valence-corrected chi connectivity index (χ4v) is 1.33. The number of benzene rings is 1. The van der Waals surface area contributed by atoms with Crippen molar-refractivity contribution < 1.29 is 42.6 Å². The maximum atomic E-state index is 11.9. The third-order valence-electron chi connectivity index (χ3n) is 2.05. The molecule has 0 spiro atoms. The summed E-state index contributed by atoms with van der Waals surface area (Å²) in [6.45, 7) is 6.24. The van der Waals surface area contributed by atoms with E-state index >= 15 is 0 Å². The number of nitrogens with two attached hydrogens (primary N) is 1. The van der Waals surface area contributed by atoms with Crippen molar-refractivity contribution in [3.63, 3.8) is 0 Å². The van der Waals surface area contributed by atoms with E-state index in [1.165, 1.54) is 18.1 Å². The number of halogens is 4. The van der Waals surface area contributed by atoms with Crippen LogP contribution >= 0.6 is 10.1 Å². The molecule has 1 rings (SSSR count). The molecule has 1 atom stereocenters. The zero-order valence-electron chi connectivity index (χ0n) is 13.3. The molecule has 5 nitrogen and oxygen atoms in total. The van der Waals surface area contributed by atoms with E-state index in [1.807, 2.05) is 0 Å². The molecule has 0 bridgehead atoms. The van der Waals surface area contributed by atoms with Gasteiger partial charge in [0.05, 0.1) is 6.04 Å². The van der Waals surface area contributed by atoms with Crippen LogP contribution in [0.1, 0.15) is 32.4 Å². The number of rotatable bonds is 4. The Hall–Kier alpha value is -1.16. The Morgan fingerprint density at radius 3 is 2.04 bits per heavy atom. The third kappa shape index (κ3) is 14.4. The molecule has 0 saturated heterocycles. The Bertz CT molecular complexity index is 457. The van der Waals surface area contributed by atoms with E-state index in [-0.39, 0.29) is 12.3 Å². The molecule has 0 aliphatic rings. The van der Waals surface area contributed by atoms with Gasteiger partial charge in [0.25, 0.3) is 0 Å². The molecule has 0 fully saturated rings. The Morgan fingerprint density at radius 1 is 1.33 bits per heavy atom. The summed E-state index contributed by atoms with van der Waals surface area (Å²) < 4.78 is 39.4. The fourth-order valence-electron chi connectivity index (χ4n) is 1.33. The van der Waals surface area contributed by atoms with E-state index in [0.29, 0.717) is 5.56 Å². The first kappa shape index (κ1) is 25.1. The molecule has 1 amide bonds. The van der Waals surface area contributed by atoms with Crippen molar-refractivity contribution in [1.82, 2.24) is 5.32 Å². The molecular weight excluding hydrogens is 396 g/mol. The summed E-state index contributed by atoms with van der Waals surface area (Å²) in [7, 11) is 4.33. The molecule has 10 heteroatoms. The molecule has 0 heterocycles. The SMILES string of the molecule is C[C-](C)C.NCC(NC(=O)O)c1ccc(OC(F)(F)F)cc1.[Cl][Co+]. The van der Waals surface area contributed by atoms with E-state index in [1.54, 1.807) is 0 Å². The van der Waals surface area contributed by atoms with Gasteiger partial charge in [-0.3, -0.25) is 0 Å². The third-order valence-corrected chi connectivity index (χ3v) is 2.05. The van der Waals surface area contributed by atoms with Crippen molar-refractivity contribution in [3.8, 4) is 5.75 Å². The van der Waals surface area contributed by atoms with Gasteiger partial charge in [0, 0.05) is 6.54 Å². The molecule has 0 saturated carbocycles. The van der Waals surface area contributed by atoms with Crippen molar-refractivity contribution in [2.75, 3.05) is 6.54 Å². The number of carboxylic acid groups (broad SMARTS) is 1. The van der Waals surface area contributed by atoms with Gasteiger partial charge in [0.1, 0.15) is 5.75 Å². The molecular formula is C14H20ClCoF3N2O3. The standard InChI is InChI=1S/C10H11F3N2O3.C4H9.ClH.Co/c11-10(12,13)18-7-3-1-6(2-4-7)8(5-14)15-9(16)17;1-4(2)3;;/h1-4,8,15H,5,14H2,(H,16,17);1-3H3;1H;/q;-1;;+2/p-1. The van der Waals surface area contributed by atoms with E-state index in [9.17, 15) is 18.0 Å². The van der Waals surface area contributed by atoms with Gasteiger partial charge in [0.15, 0.2) is 0 Å². The minimum atomic E-state index is -4.76. The molecule has 1 aromatic rings. The summed E-state index contributed by atoms with van der Waals surface area (Å²) in [6, 6.07) is 4.13. The predicted octanol–water partition coefficient (Wildman–Crippen LogP) is 4.16. The van der Waals surface area contributed by atoms with Crippen LogP contribution in [0.5, 0.6) is 5.75 Å². The van der Waals surface area contributed by atoms with Crippen molar-refractivity contribution in [2.24, 2.45) is 5.73 Å². The molecule has 1 aromatic carbocycles. The minimum absolute atomic E-state index is 0.00816. The summed E-state index contributed by atoms with van der Waals surface area (Å²) in [6.07, 6.45) is -6.02. The summed E-state index contributed by atoms with van der Waals surface area (Å²) in [4.78, 5) is 10.5. The van der Waals surface area contributed by atoms with Crippen molar-refractivity contribution in [3.05, 3.63) is 35.7 Å². The van der Waals surface area contributed by atoms with Gasteiger partial charge < -0.3 is 26.8 Å². The average Bonchev–Trinajstić information content (AvgIpc) is 2.45. The van der Waals surface area contributed by atoms with Crippen molar-refractivity contribution in [1.29, 1.82) is 0 Å². The van der Waals surface area contributed by atoms with Crippen LogP contribution in [-0.2, 0) is 14.8 Å². The molecule has 24 heavy (non-hydrogen) atoms. The van der Waals surface area contributed by atoms with Gasteiger partial charge in [0.2, 0.25) is 0 Å². The molecule has 4 N–H and O–H groups in total. The number of hydrogen-bond donors (Lipinski definition) is 3. The average molecular weight is 416 g/mol. The number of nitrogens with one attached hydrogen (secondary N) is 1. The molecule has 0 aliphatic carbocycles. The van der Waals surface area contributed by atoms with Gasteiger partial charge in [-0.1, -0.05) is 12.1 Å². The van der Waals surface area contributed by atoms with Crippen LogP contribution in [0, 0.1) is 5.92 Å². The van der Waals surface area contributed by atoms with Crippen molar-refractivity contribution >= 4 is 16.2 Å². The van der Waals surface area contributed by atoms with E-state index in [0.717, 1.165) is 12.1 Å². The first-order valence-electron chi connectivity index (χ1n) is 6.49. The van der Waals surface area contributed by atoms with Gasteiger partial charge in [-0.25, -0.2) is 4.79 Å². The quantitative estimate of drug-likeness (QED) is 0.645. The van der Waals surface area contributed by atoms with Crippen LogP contribution in [0.2, 0.25) is 0 Å². The predicted molar refractivity (Wildman–Crippen MR) is 82.2 cm³/mol. The number of amides is 1. The molecule has 0 aromatic heterocycles. The summed E-state index contributed by atoms with van der Waals surface area (Å²) in [5, 5.41) is 10.7. The summed E-state index contributed by atoms with van der Waals surface area (Å²) in [5.74, 6) is 1.04. The zero-order valence-corrected chi connectivity index (χ0v) is 15.1. The second-order valence-corrected chi connectivity index (χ2v) is 4.85. The van der Waals surface area contributed by atoms with E-state index < -0.39 is 18.5 Å². The second-order valence-electron chi connectivity index (χ2n) is 4.85. The molecule has 0 radical (unpaired) electrons. The zero-order chi connectivity index (χ0) is 19.3. The van der Waals surface area contributed by atoms with Crippen LogP contribution in [0.25, 0.3) is 0 Å². The topological polar surface area (TPSA) is 84.6 Å². The first-order valence-corrected chi connectivity index (χ1v) is 7.93. The first-order chi connectivity index (χ1) is 11.0. The van der Waals surface area contributed by atoms with Crippen LogP contribution in [0.15, 0.2) is 24.3 Å². The van der Waals surface area contributed by atoms with Gasteiger partial charge in [-0.2, -0.15) is 20.8 Å². The van der Waals surface area contributed by atoms with Crippen molar-refractivity contribution in [2.45, 2.75) is 33.2 Å². The van der Waals surface area contributed by atoms with Crippen LogP contribution in [0.3, 0.4) is 0 Å². The maximum absolute atomic E-state index is 11.9. The van der Waals surface area contributed by atoms with Crippen LogP contribution in [-0.4, -0.2) is 24.1 Å². The number of alkyl halides is 3. The molecule has 0 aliphatic heterocycles. The van der Waals surface area contributed by atoms with E-state index in [2.05, 4.69) is 55.8 Å². The Balaban J connectivity index is 0. The Labute approximate surface area is 151 Å². The second kappa shape index (κ2) is 13.2. The van der Waals surface area contributed by atoms with Crippen LogP contribution in [0.4, 0.5) is 18.0 Å². The van der Waals surface area contributed by atoms with Crippen LogP contribution < -0.4 is 15.8 Å². The normalized spacial score (nSPS) is 11.4. The number of hydrogen-bond acceptors (Lipinski definition) is 3. The number of ether oxygens (including phenoxy) is 1. The van der Waals surface area contributed by atoms with Gasteiger partial charge in [-0.15, -0.1) is 13.2 Å². The summed E-state index contributed by atoms with van der Waals surface area (Å²) >= 11 is 3.03. The monoisotopic (exact) mass is 415 g/mol. The van der Waals surface area contributed by atoms with Gasteiger partial charge >= 0.3 is 37.4 Å². The molecule has 141 valence electrons. The summed E-state index contributed by atoms with van der Waals surface area (Å²) in [5.41, 5.74) is 5.81. The van der Waals surface area contributed by atoms with E-state index in [4.69, 9.17) is 10.8 Å². The Morgan fingerprint density at radius 2 is 1.75 bits per heavy atom. The number of carbonyl (C=O) groups is 1.